The lowest BCUT2D eigenvalue weighted by Gasteiger charge is -2.12. The molecule has 0 atom stereocenters. The Hall–Kier alpha value is -2.47. The summed E-state index contributed by atoms with van der Waals surface area (Å²) in [4.78, 5) is 24.4. The molecule has 0 bridgehead atoms. The van der Waals surface area contributed by atoms with Crippen molar-refractivity contribution in [2.45, 2.75) is 13.1 Å². The number of hydrogen-bond donors (Lipinski definition) is 1. The smallest absolute Gasteiger partial charge is 0.323 e. The summed E-state index contributed by atoms with van der Waals surface area (Å²) >= 11 is 0. The first-order valence-corrected chi connectivity index (χ1v) is 6.72. The van der Waals surface area contributed by atoms with E-state index in [0.717, 1.165) is 10.1 Å². The fraction of sp³-hybridized carbons (Fsp3) is 0.250. The minimum atomic E-state index is -1.08. The van der Waals surface area contributed by atoms with Crippen LogP contribution in [0.25, 0.3) is 11.1 Å². The number of carboxylic acid groups (broad SMARTS) is 1. The zero-order valence-corrected chi connectivity index (χ0v) is 12.4. The third kappa shape index (κ3) is 3.79. The first kappa shape index (κ1) is 15.9. The zero-order chi connectivity index (χ0) is 16.3. The third-order valence-electron chi connectivity index (χ3n) is 3.17. The second-order valence-electron chi connectivity index (χ2n) is 5.32. The third-order valence-corrected chi connectivity index (χ3v) is 3.17. The highest BCUT2D eigenvalue weighted by molar-refractivity contribution is 5.67. The maximum atomic E-state index is 13.8. The van der Waals surface area contributed by atoms with E-state index in [9.17, 15) is 14.0 Å². The standard InChI is InChI=1S/C16H17FN2O3/c1-18(2)9-13-7-11(3-4-14(13)17)12-5-6-19(10-16(21)22)15(20)8-12/h3-8H,9-10H2,1-2H3,(H,21,22). The van der Waals surface area contributed by atoms with Gasteiger partial charge in [-0.3, -0.25) is 9.59 Å². The van der Waals surface area contributed by atoms with Gasteiger partial charge in [-0.05, 0) is 43.4 Å². The highest BCUT2D eigenvalue weighted by Crippen LogP contribution is 2.21. The second-order valence-corrected chi connectivity index (χ2v) is 5.32. The van der Waals surface area contributed by atoms with Crippen LogP contribution >= 0.6 is 0 Å². The van der Waals surface area contributed by atoms with Gasteiger partial charge in [0.1, 0.15) is 12.4 Å². The average molecular weight is 304 g/mol. The fourth-order valence-electron chi connectivity index (χ4n) is 2.18. The lowest BCUT2D eigenvalue weighted by Crippen LogP contribution is -2.22. The first-order chi connectivity index (χ1) is 10.4. The van der Waals surface area contributed by atoms with Crippen molar-refractivity contribution in [2.75, 3.05) is 14.1 Å². The Morgan fingerprint density at radius 2 is 1.91 bits per heavy atom. The van der Waals surface area contributed by atoms with Crippen LogP contribution in [0, 0.1) is 5.82 Å². The van der Waals surface area contributed by atoms with Crippen molar-refractivity contribution < 1.29 is 14.3 Å². The summed E-state index contributed by atoms with van der Waals surface area (Å²) in [5.41, 5.74) is 1.49. The molecule has 0 spiro atoms. The van der Waals surface area contributed by atoms with Crippen molar-refractivity contribution >= 4 is 5.97 Å². The monoisotopic (exact) mass is 304 g/mol. The SMILES string of the molecule is CN(C)Cc1cc(-c2ccn(CC(=O)O)c(=O)c2)ccc1F. The second kappa shape index (κ2) is 6.53. The topological polar surface area (TPSA) is 62.5 Å². The van der Waals surface area contributed by atoms with Gasteiger partial charge in [0.2, 0.25) is 0 Å². The van der Waals surface area contributed by atoms with E-state index < -0.39 is 11.5 Å². The molecule has 0 aliphatic carbocycles. The van der Waals surface area contributed by atoms with Crippen LogP contribution in [0.5, 0.6) is 0 Å². The molecule has 0 aliphatic heterocycles. The van der Waals surface area contributed by atoms with Gasteiger partial charge >= 0.3 is 5.97 Å². The van der Waals surface area contributed by atoms with E-state index in [1.807, 2.05) is 19.0 Å². The van der Waals surface area contributed by atoms with Crippen LogP contribution in [0.4, 0.5) is 4.39 Å². The summed E-state index contributed by atoms with van der Waals surface area (Å²) in [6.45, 7) is 0.0736. The molecule has 2 aromatic rings. The zero-order valence-electron chi connectivity index (χ0n) is 12.4. The highest BCUT2D eigenvalue weighted by atomic mass is 19.1. The number of hydrogen-bond acceptors (Lipinski definition) is 3. The van der Waals surface area contributed by atoms with Crippen LogP contribution in [0.1, 0.15) is 5.56 Å². The largest absolute Gasteiger partial charge is 0.480 e. The number of carbonyl (C=O) groups is 1. The molecule has 0 aliphatic rings. The van der Waals surface area contributed by atoms with Crippen LogP contribution in [0.15, 0.2) is 41.3 Å². The molecular formula is C16H17FN2O3. The van der Waals surface area contributed by atoms with Crippen molar-refractivity contribution in [2.24, 2.45) is 0 Å². The molecule has 0 saturated carbocycles. The molecule has 22 heavy (non-hydrogen) atoms. The Morgan fingerprint density at radius 1 is 1.23 bits per heavy atom. The summed E-state index contributed by atoms with van der Waals surface area (Å²) in [6.07, 6.45) is 1.43. The molecule has 1 aromatic heterocycles. The molecule has 5 nitrogen and oxygen atoms in total. The van der Waals surface area contributed by atoms with Crippen molar-refractivity contribution in [3.63, 3.8) is 0 Å². The quantitative estimate of drug-likeness (QED) is 0.915. The molecule has 0 saturated heterocycles. The molecule has 1 N–H and O–H groups in total. The normalized spacial score (nSPS) is 10.9. The number of nitrogens with zero attached hydrogens (tertiary/aromatic N) is 2. The molecule has 0 fully saturated rings. The maximum absolute atomic E-state index is 13.8. The number of aliphatic carboxylic acids is 1. The van der Waals surface area contributed by atoms with Gasteiger partial charge in [-0.2, -0.15) is 0 Å². The number of aromatic nitrogens is 1. The summed E-state index contributed by atoms with van der Waals surface area (Å²) in [5.74, 6) is -1.37. The van der Waals surface area contributed by atoms with Crippen molar-refractivity contribution in [1.29, 1.82) is 0 Å². The first-order valence-electron chi connectivity index (χ1n) is 6.72. The number of rotatable bonds is 5. The summed E-state index contributed by atoms with van der Waals surface area (Å²) in [6, 6.07) is 7.68. The molecule has 0 unspecified atom stereocenters. The molecule has 0 radical (unpaired) electrons. The van der Waals surface area contributed by atoms with Gasteiger partial charge in [0, 0.05) is 24.4 Å². The lowest BCUT2D eigenvalue weighted by molar-refractivity contribution is -0.137. The van der Waals surface area contributed by atoms with Crippen molar-refractivity contribution in [1.82, 2.24) is 9.47 Å². The van der Waals surface area contributed by atoms with Crippen molar-refractivity contribution in [3.05, 3.63) is 58.3 Å². The van der Waals surface area contributed by atoms with Crippen LogP contribution in [0.3, 0.4) is 0 Å². The number of pyridine rings is 1. The van der Waals surface area contributed by atoms with E-state index in [2.05, 4.69) is 0 Å². The molecule has 1 heterocycles. The highest BCUT2D eigenvalue weighted by Gasteiger charge is 2.08. The lowest BCUT2D eigenvalue weighted by atomic mass is 10.0. The van der Waals surface area contributed by atoms with E-state index in [1.165, 1.54) is 18.3 Å². The number of carboxylic acids is 1. The Balaban J connectivity index is 2.38. The molecule has 1 aromatic carbocycles. The summed E-state index contributed by atoms with van der Waals surface area (Å²) in [7, 11) is 3.69. The van der Waals surface area contributed by atoms with E-state index in [-0.39, 0.29) is 12.4 Å². The van der Waals surface area contributed by atoms with Gasteiger partial charge in [-0.1, -0.05) is 6.07 Å². The predicted molar refractivity (Wildman–Crippen MR) is 81.1 cm³/mol. The van der Waals surface area contributed by atoms with E-state index in [4.69, 9.17) is 5.11 Å². The van der Waals surface area contributed by atoms with Gasteiger partial charge in [0.25, 0.3) is 5.56 Å². The van der Waals surface area contributed by atoms with Crippen LogP contribution in [-0.4, -0.2) is 34.6 Å². The molecule has 2 rings (SSSR count). The van der Waals surface area contributed by atoms with Crippen LogP contribution in [0.2, 0.25) is 0 Å². The molecule has 0 amide bonds. The predicted octanol–water partition coefficient (Wildman–Crippen LogP) is 1.80. The van der Waals surface area contributed by atoms with Crippen LogP contribution in [-0.2, 0) is 17.9 Å². The number of benzene rings is 1. The van der Waals surface area contributed by atoms with Crippen molar-refractivity contribution in [3.8, 4) is 11.1 Å². The number of halogens is 1. The van der Waals surface area contributed by atoms with Crippen LogP contribution < -0.4 is 5.56 Å². The summed E-state index contributed by atoms with van der Waals surface area (Å²) in [5, 5.41) is 8.72. The van der Waals surface area contributed by atoms with Gasteiger partial charge in [0.15, 0.2) is 0 Å². The fourth-order valence-corrected chi connectivity index (χ4v) is 2.18. The van der Waals surface area contributed by atoms with E-state index in [0.29, 0.717) is 17.7 Å². The Bertz CT molecular complexity index is 753. The summed E-state index contributed by atoms with van der Waals surface area (Å²) < 4.78 is 14.9. The molecule has 116 valence electrons. The minimum Gasteiger partial charge on any atom is -0.480 e. The van der Waals surface area contributed by atoms with Gasteiger partial charge in [0.05, 0.1) is 0 Å². The molecular weight excluding hydrogens is 287 g/mol. The van der Waals surface area contributed by atoms with Gasteiger partial charge in [-0.25, -0.2) is 4.39 Å². The average Bonchev–Trinajstić information content (AvgIpc) is 2.42. The minimum absolute atomic E-state index is 0.295. The Labute approximate surface area is 127 Å². The maximum Gasteiger partial charge on any atom is 0.323 e. The van der Waals surface area contributed by atoms with E-state index in [1.54, 1.807) is 18.2 Å². The Kier molecular flexibility index (Phi) is 4.72. The Morgan fingerprint density at radius 3 is 2.50 bits per heavy atom. The van der Waals surface area contributed by atoms with Gasteiger partial charge < -0.3 is 14.6 Å². The van der Waals surface area contributed by atoms with Gasteiger partial charge in [-0.15, -0.1) is 0 Å². The van der Waals surface area contributed by atoms with E-state index >= 15 is 0 Å². The molecule has 6 heteroatoms.